The van der Waals surface area contributed by atoms with E-state index in [1.807, 2.05) is 30.3 Å². The summed E-state index contributed by atoms with van der Waals surface area (Å²) in [5.41, 5.74) is 4.24. The number of benzene rings is 3. The van der Waals surface area contributed by atoms with Gasteiger partial charge in [-0.15, -0.1) is 0 Å². The second-order valence-electron chi connectivity index (χ2n) is 6.81. The molecule has 0 saturated carbocycles. The molecule has 3 aromatic carbocycles. The fraction of sp³-hybridized carbons (Fsp3) is 0.0435. The highest BCUT2D eigenvalue weighted by Gasteiger charge is 2.10. The first-order valence-corrected chi connectivity index (χ1v) is 10.2. The lowest BCUT2D eigenvalue weighted by Crippen LogP contribution is -1.98. The van der Waals surface area contributed by atoms with E-state index in [-0.39, 0.29) is 5.69 Å². The summed E-state index contributed by atoms with van der Waals surface area (Å²) in [6.45, 7) is 0.324. The molecule has 0 fully saturated rings. The quantitative estimate of drug-likeness (QED) is 0.191. The number of halogens is 2. The van der Waals surface area contributed by atoms with Gasteiger partial charge in [-0.05, 0) is 46.2 Å². The number of hydrogen-bond acceptors (Lipinski definition) is 6. The monoisotopic (exact) mass is 466 g/mol. The smallest absolute Gasteiger partial charge is 0.287 e. The van der Waals surface area contributed by atoms with E-state index in [1.165, 1.54) is 18.3 Å². The van der Waals surface area contributed by atoms with Crippen molar-refractivity contribution in [1.82, 2.24) is 4.98 Å². The van der Waals surface area contributed by atoms with Crippen molar-refractivity contribution in [2.75, 3.05) is 5.43 Å². The molecule has 32 heavy (non-hydrogen) atoms. The number of aromatic nitrogens is 1. The summed E-state index contributed by atoms with van der Waals surface area (Å²) in [5.74, 6) is 0.753. The number of ether oxygens (including phenoxy) is 1. The lowest BCUT2D eigenvalue weighted by atomic mass is 10.1. The Morgan fingerprint density at radius 3 is 2.47 bits per heavy atom. The molecule has 4 aromatic rings. The number of rotatable bonds is 7. The van der Waals surface area contributed by atoms with Crippen LogP contribution in [-0.2, 0) is 6.61 Å². The van der Waals surface area contributed by atoms with Gasteiger partial charge in [-0.1, -0.05) is 59.6 Å². The van der Waals surface area contributed by atoms with Crippen LogP contribution in [0.15, 0.2) is 78.0 Å². The Labute approximate surface area is 193 Å². The average Bonchev–Trinajstić information content (AvgIpc) is 2.79. The molecular formula is C23H16Cl2N4O3. The summed E-state index contributed by atoms with van der Waals surface area (Å²) < 4.78 is 5.87. The van der Waals surface area contributed by atoms with Gasteiger partial charge in [0, 0.05) is 6.07 Å². The van der Waals surface area contributed by atoms with Crippen LogP contribution in [0.3, 0.4) is 0 Å². The molecule has 0 unspecified atom stereocenters. The zero-order chi connectivity index (χ0) is 22.5. The molecule has 0 aliphatic heterocycles. The van der Waals surface area contributed by atoms with Gasteiger partial charge >= 0.3 is 0 Å². The van der Waals surface area contributed by atoms with E-state index in [2.05, 4.69) is 27.6 Å². The summed E-state index contributed by atoms with van der Waals surface area (Å²) in [6.07, 6.45) is 2.65. The Morgan fingerprint density at radius 2 is 1.78 bits per heavy atom. The second kappa shape index (κ2) is 9.64. The number of hydrazone groups is 1. The van der Waals surface area contributed by atoms with Crippen LogP contribution in [-0.4, -0.2) is 16.1 Å². The van der Waals surface area contributed by atoms with Crippen molar-refractivity contribution >= 4 is 51.7 Å². The summed E-state index contributed by atoms with van der Waals surface area (Å²) >= 11 is 12.7. The van der Waals surface area contributed by atoms with Gasteiger partial charge in [-0.25, -0.2) is 4.98 Å². The Balaban J connectivity index is 1.41. The van der Waals surface area contributed by atoms with E-state index >= 15 is 0 Å². The molecule has 9 heteroatoms. The number of nitrogens with one attached hydrogen (secondary N) is 1. The normalized spacial score (nSPS) is 11.1. The molecule has 0 aliphatic carbocycles. The molecular weight excluding hydrogens is 451 g/mol. The molecule has 0 radical (unpaired) electrons. The first kappa shape index (κ1) is 21.5. The first-order valence-electron chi connectivity index (χ1n) is 9.48. The van der Waals surface area contributed by atoms with E-state index in [9.17, 15) is 10.1 Å². The highest BCUT2D eigenvalue weighted by Crippen LogP contribution is 2.34. The number of anilines is 1. The average molecular weight is 467 g/mol. The molecule has 1 N–H and O–H groups in total. The second-order valence-corrected chi connectivity index (χ2v) is 7.63. The maximum atomic E-state index is 10.7. The predicted octanol–water partition coefficient (Wildman–Crippen LogP) is 6.47. The third kappa shape index (κ3) is 5.14. The van der Waals surface area contributed by atoms with Crippen LogP contribution in [0.4, 0.5) is 11.5 Å². The van der Waals surface area contributed by atoms with Gasteiger partial charge in [0.25, 0.3) is 5.69 Å². The lowest BCUT2D eigenvalue weighted by Gasteiger charge is -2.11. The van der Waals surface area contributed by atoms with Crippen LogP contribution in [0, 0.1) is 10.1 Å². The van der Waals surface area contributed by atoms with Crippen molar-refractivity contribution in [1.29, 1.82) is 0 Å². The highest BCUT2D eigenvalue weighted by molar-refractivity contribution is 6.37. The molecule has 4 rings (SSSR count). The Bertz CT molecular complexity index is 1290. The molecule has 0 aliphatic rings. The SMILES string of the molecule is O=[N+]([O-])c1ccc(N/N=C/c2cc(Cl)c(OCc3ccc4ccccc4c3)c(Cl)c2)nc1. The van der Waals surface area contributed by atoms with Gasteiger partial charge in [0.2, 0.25) is 0 Å². The fourth-order valence-corrected chi connectivity index (χ4v) is 3.62. The van der Waals surface area contributed by atoms with Crippen LogP contribution < -0.4 is 10.2 Å². The van der Waals surface area contributed by atoms with Crippen molar-refractivity contribution in [3.05, 3.63) is 104 Å². The molecule has 1 heterocycles. The first-order chi connectivity index (χ1) is 15.5. The summed E-state index contributed by atoms with van der Waals surface area (Å²) in [5, 5.41) is 17.7. The molecule has 1 aromatic heterocycles. The lowest BCUT2D eigenvalue weighted by molar-refractivity contribution is -0.385. The van der Waals surface area contributed by atoms with Gasteiger partial charge < -0.3 is 4.74 Å². The number of nitro groups is 1. The minimum absolute atomic E-state index is 0.0997. The van der Waals surface area contributed by atoms with Crippen molar-refractivity contribution in [3.63, 3.8) is 0 Å². The maximum Gasteiger partial charge on any atom is 0.287 e. The van der Waals surface area contributed by atoms with Crippen LogP contribution in [0.25, 0.3) is 10.8 Å². The number of nitrogens with zero attached hydrogens (tertiary/aromatic N) is 3. The van der Waals surface area contributed by atoms with E-state index in [4.69, 9.17) is 27.9 Å². The summed E-state index contributed by atoms with van der Waals surface area (Å²) in [7, 11) is 0. The third-order valence-electron chi connectivity index (χ3n) is 4.57. The van der Waals surface area contributed by atoms with E-state index in [0.29, 0.717) is 33.8 Å². The molecule has 0 saturated heterocycles. The van der Waals surface area contributed by atoms with Crippen LogP contribution >= 0.6 is 23.2 Å². The molecule has 0 atom stereocenters. The van der Waals surface area contributed by atoms with E-state index in [0.717, 1.165) is 22.5 Å². The van der Waals surface area contributed by atoms with Crippen molar-refractivity contribution in [2.45, 2.75) is 6.61 Å². The largest absolute Gasteiger partial charge is 0.486 e. The van der Waals surface area contributed by atoms with Gasteiger partial charge in [-0.2, -0.15) is 5.10 Å². The van der Waals surface area contributed by atoms with Crippen LogP contribution in [0.5, 0.6) is 5.75 Å². The molecule has 7 nitrogen and oxygen atoms in total. The minimum atomic E-state index is -0.520. The Kier molecular flexibility index (Phi) is 6.49. The zero-order valence-corrected chi connectivity index (χ0v) is 18.0. The van der Waals surface area contributed by atoms with E-state index < -0.39 is 4.92 Å². The van der Waals surface area contributed by atoms with Crippen molar-refractivity contribution in [2.24, 2.45) is 5.10 Å². The zero-order valence-electron chi connectivity index (χ0n) is 16.5. The third-order valence-corrected chi connectivity index (χ3v) is 5.13. The standard InChI is InChI=1S/C23H16Cl2N4O3/c24-20-10-16(12-27-28-22-8-7-19(13-26-22)29(30)31)11-21(25)23(20)32-14-15-5-6-17-3-1-2-4-18(17)9-15/h1-13H,14H2,(H,26,28)/b27-12+. The topological polar surface area (TPSA) is 89.7 Å². The summed E-state index contributed by atoms with van der Waals surface area (Å²) in [6, 6.07) is 20.4. The molecule has 0 spiro atoms. The Morgan fingerprint density at radius 1 is 1.03 bits per heavy atom. The number of pyridine rings is 1. The maximum absolute atomic E-state index is 10.7. The molecule has 160 valence electrons. The highest BCUT2D eigenvalue weighted by atomic mass is 35.5. The Hall–Kier alpha value is -3.68. The van der Waals surface area contributed by atoms with Crippen LogP contribution in [0.1, 0.15) is 11.1 Å². The molecule has 0 amide bonds. The molecule has 0 bridgehead atoms. The minimum Gasteiger partial charge on any atom is -0.486 e. The number of hydrogen-bond donors (Lipinski definition) is 1. The van der Waals surface area contributed by atoms with Crippen LogP contribution in [0.2, 0.25) is 10.0 Å². The number of fused-ring (bicyclic) bond motifs is 1. The van der Waals surface area contributed by atoms with Gasteiger partial charge in [0.15, 0.2) is 5.75 Å². The van der Waals surface area contributed by atoms with Crippen molar-refractivity contribution in [3.8, 4) is 5.75 Å². The predicted molar refractivity (Wildman–Crippen MR) is 127 cm³/mol. The van der Waals surface area contributed by atoms with E-state index in [1.54, 1.807) is 12.1 Å². The summed E-state index contributed by atoms with van der Waals surface area (Å²) in [4.78, 5) is 14.1. The van der Waals surface area contributed by atoms with Gasteiger partial charge in [0.05, 0.1) is 21.2 Å². The fourth-order valence-electron chi connectivity index (χ4n) is 3.01. The van der Waals surface area contributed by atoms with Crippen molar-refractivity contribution < 1.29 is 9.66 Å². The van der Waals surface area contributed by atoms with Gasteiger partial charge in [-0.3, -0.25) is 15.5 Å². The van der Waals surface area contributed by atoms with Gasteiger partial charge in [0.1, 0.15) is 18.6 Å².